The fourth-order valence-corrected chi connectivity index (χ4v) is 1.41. The minimum atomic E-state index is -0.0532. The summed E-state index contributed by atoms with van der Waals surface area (Å²) in [4.78, 5) is 3.83. The Kier molecular flexibility index (Phi) is 1.74. The third-order valence-corrected chi connectivity index (χ3v) is 2.13. The number of rotatable bonds is 0. The number of hydrogen-bond donors (Lipinski definition) is 2. The number of aromatic hydroxyl groups is 2. The van der Waals surface area contributed by atoms with E-state index in [0.717, 1.165) is 0 Å². The van der Waals surface area contributed by atoms with Crippen LogP contribution in [0.15, 0.2) is 24.5 Å². The molecule has 0 aliphatic carbocycles. The van der Waals surface area contributed by atoms with E-state index in [1.54, 1.807) is 6.07 Å². The van der Waals surface area contributed by atoms with Crippen molar-refractivity contribution in [3.63, 3.8) is 0 Å². The number of phenolic OH excluding ortho intramolecular Hbond substituents is 2. The van der Waals surface area contributed by atoms with Crippen LogP contribution < -0.4 is 0 Å². The van der Waals surface area contributed by atoms with Crippen LogP contribution in [0, 0.1) is 0 Å². The van der Waals surface area contributed by atoms with Crippen LogP contribution in [0.4, 0.5) is 0 Å². The first kappa shape index (κ1) is 8.13. The van der Waals surface area contributed by atoms with Gasteiger partial charge in [-0.2, -0.15) is 0 Å². The minimum Gasteiger partial charge on any atom is -0.507 e. The molecule has 2 aromatic rings. The monoisotopic (exact) mass is 195 g/mol. The minimum absolute atomic E-state index is 0.0419. The first-order chi connectivity index (χ1) is 6.20. The third kappa shape index (κ3) is 1.17. The molecule has 0 saturated carbocycles. The van der Waals surface area contributed by atoms with E-state index in [1.165, 1.54) is 18.5 Å². The quantitative estimate of drug-likeness (QED) is 0.635. The van der Waals surface area contributed by atoms with Gasteiger partial charge in [-0.1, -0.05) is 11.6 Å². The highest BCUT2D eigenvalue weighted by Gasteiger charge is 2.08. The van der Waals surface area contributed by atoms with Gasteiger partial charge >= 0.3 is 0 Å². The number of benzene rings is 1. The maximum Gasteiger partial charge on any atom is 0.143 e. The fourth-order valence-electron chi connectivity index (χ4n) is 1.20. The molecule has 0 fully saturated rings. The van der Waals surface area contributed by atoms with Crippen molar-refractivity contribution in [3.05, 3.63) is 29.5 Å². The topological polar surface area (TPSA) is 53.4 Å². The highest BCUT2D eigenvalue weighted by molar-refractivity contribution is 6.33. The number of fused-ring (bicyclic) bond motifs is 1. The van der Waals surface area contributed by atoms with Crippen molar-refractivity contribution in [1.82, 2.24) is 4.98 Å². The van der Waals surface area contributed by atoms with Gasteiger partial charge in [-0.05, 0) is 6.07 Å². The molecule has 2 N–H and O–H groups in total. The molecule has 3 nitrogen and oxygen atoms in total. The molecule has 4 heteroatoms. The summed E-state index contributed by atoms with van der Waals surface area (Å²) in [6.45, 7) is 0. The van der Waals surface area contributed by atoms with Crippen LogP contribution >= 0.6 is 11.6 Å². The van der Waals surface area contributed by atoms with Gasteiger partial charge in [-0.25, -0.2) is 0 Å². The average molecular weight is 196 g/mol. The average Bonchev–Trinajstić information content (AvgIpc) is 2.15. The zero-order valence-corrected chi connectivity index (χ0v) is 7.28. The van der Waals surface area contributed by atoms with Crippen LogP contribution in [0.25, 0.3) is 10.8 Å². The molecule has 2 rings (SSSR count). The Labute approximate surface area is 79.2 Å². The number of nitrogens with zero attached hydrogens (tertiary/aromatic N) is 1. The lowest BCUT2D eigenvalue weighted by molar-refractivity contribution is 0.469. The van der Waals surface area contributed by atoms with Gasteiger partial charge in [-0.3, -0.25) is 4.98 Å². The Bertz CT molecular complexity index is 470. The third-order valence-electron chi connectivity index (χ3n) is 1.84. The maximum absolute atomic E-state index is 9.50. The Hall–Kier alpha value is -1.48. The van der Waals surface area contributed by atoms with Crippen molar-refractivity contribution in [1.29, 1.82) is 0 Å². The Morgan fingerprint density at radius 1 is 1.23 bits per heavy atom. The van der Waals surface area contributed by atoms with E-state index in [2.05, 4.69) is 4.98 Å². The molecule has 0 radical (unpaired) electrons. The smallest absolute Gasteiger partial charge is 0.143 e. The Morgan fingerprint density at radius 2 is 2.00 bits per heavy atom. The SMILES string of the molecule is Oc1cc(Cl)c(O)c2cnccc12. The van der Waals surface area contributed by atoms with E-state index in [-0.39, 0.29) is 16.5 Å². The number of aromatic nitrogens is 1. The molecule has 66 valence electrons. The number of halogens is 1. The van der Waals surface area contributed by atoms with Crippen molar-refractivity contribution in [2.45, 2.75) is 0 Å². The van der Waals surface area contributed by atoms with Crippen LogP contribution in [0.2, 0.25) is 5.02 Å². The second-order valence-electron chi connectivity index (χ2n) is 2.65. The van der Waals surface area contributed by atoms with Gasteiger partial charge in [0.25, 0.3) is 0 Å². The van der Waals surface area contributed by atoms with E-state index in [0.29, 0.717) is 10.8 Å². The molecule has 0 bridgehead atoms. The largest absolute Gasteiger partial charge is 0.507 e. The lowest BCUT2D eigenvalue weighted by Crippen LogP contribution is -1.78. The van der Waals surface area contributed by atoms with Crippen molar-refractivity contribution in [2.24, 2.45) is 0 Å². The summed E-state index contributed by atoms with van der Waals surface area (Å²) < 4.78 is 0. The van der Waals surface area contributed by atoms with Crippen molar-refractivity contribution in [3.8, 4) is 11.5 Å². The van der Waals surface area contributed by atoms with Gasteiger partial charge in [0.2, 0.25) is 0 Å². The zero-order chi connectivity index (χ0) is 9.42. The molecule has 0 spiro atoms. The van der Waals surface area contributed by atoms with Gasteiger partial charge in [0.1, 0.15) is 11.5 Å². The van der Waals surface area contributed by atoms with E-state index in [9.17, 15) is 10.2 Å². The first-order valence-electron chi connectivity index (χ1n) is 3.64. The summed E-state index contributed by atoms with van der Waals surface area (Å²) in [5.74, 6) is -0.0113. The summed E-state index contributed by atoms with van der Waals surface area (Å²) in [7, 11) is 0. The number of phenols is 2. The van der Waals surface area contributed by atoms with Gasteiger partial charge in [0, 0.05) is 29.2 Å². The van der Waals surface area contributed by atoms with Crippen LogP contribution in [-0.4, -0.2) is 15.2 Å². The molecule has 0 amide bonds. The van der Waals surface area contributed by atoms with Crippen molar-refractivity contribution in [2.75, 3.05) is 0 Å². The van der Waals surface area contributed by atoms with E-state index in [4.69, 9.17) is 11.6 Å². The number of hydrogen-bond acceptors (Lipinski definition) is 3. The second kappa shape index (κ2) is 2.78. The fraction of sp³-hybridized carbons (Fsp3) is 0. The van der Waals surface area contributed by atoms with Gasteiger partial charge in [0.05, 0.1) is 5.02 Å². The second-order valence-corrected chi connectivity index (χ2v) is 3.05. The summed E-state index contributed by atoms with van der Waals surface area (Å²) in [6, 6.07) is 2.92. The summed E-state index contributed by atoms with van der Waals surface area (Å²) in [5.41, 5.74) is 0. The van der Waals surface area contributed by atoms with Crippen LogP contribution in [-0.2, 0) is 0 Å². The predicted octanol–water partition coefficient (Wildman–Crippen LogP) is 2.30. The molecule has 0 aliphatic rings. The van der Waals surface area contributed by atoms with Crippen LogP contribution in [0.1, 0.15) is 0 Å². The molecule has 0 atom stereocenters. The van der Waals surface area contributed by atoms with Crippen LogP contribution in [0.3, 0.4) is 0 Å². The molecule has 13 heavy (non-hydrogen) atoms. The lowest BCUT2D eigenvalue weighted by Gasteiger charge is -2.03. The van der Waals surface area contributed by atoms with Gasteiger partial charge in [0.15, 0.2) is 0 Å². The molecule has 0 aliphatic heterocycles. The van der Waals surface area contributed by atoms with E-state index >= 15 is 0 Å². The van der Waals surface area contributed by atoms with E-state index < -0.39 is 0 Å². The maximum atomic E-state index is 9.50. The van der Waals surface area contributed by atoms with Gasteiger partial charge in [-0.15, -0.1) is 0 Å². The molecular formula is C9H6ClNO2. The van der Waals surface area contributed by atoms with Gasteiger partial charge < -0.3 is 10.2 Å². The Balaban J connectivity index is 2.97. The van der Waals surface area contributed by atoms with Crippen molar-refractivity contribution >= 4 is 22.4 Å². The molecule has 0 saturated heterocycles. The molecule has 1 aromatic carbocycles. The highest BCUT2D eigenvalue weighted by atomic mass is 35.5. The molecule has 1 aromatic heterocycles. The lowest BCUT2D eigenvalue weighted by atomic mass is 10.1. The summed E-state index contributed by atoms with van der Waals surface area (Å²) in [6.07, 6.45) is 2.99. The van der Waals surface area contributed by atoms with Crippen molar-refractivity contribution < 1.29 is 10.2 Å². The molecular weight excluding hydrogens is 190 g/mol. The predicted molar refractivity (Wildman–Crippen MR) is 50.1 cm³/mol. The first-order valence-corrected chi connectivity index (χ1v) is 4.02. The number of pyridine rings is 1. The standard InChI is InChI=1S/C9H6ClNO2/c10-7-3-8(12)5-1-2-11-4-6(5)9(7)13/h1-4,12-13H. The molecule has 0 unspecified atom stereocenters. The normalized spacial score (nSPS) is 10.5. The highest BCUT2D eigenvalue weighted by Crippen LogP contribution is 2.37. The Morgan fingerprint density at radius 3 is 2.77 bits per heavy atom. The zero-order valence-electron chi connectivity index (χ0n) is 6.53. The molecule has 1 heterocycles. The summed E-state index contributed by atoms with van der Waals surface area (Å²) >= 11 is 5.66. The van der Waals surface area contributed by atoms with Crippen LogP contribution in [0.5, 0.6) is 11.5 Å². The van der Waals surface area contributed by atoms with E-state index in [1.807, 2.05) is 0 Å². The summed E-state index contributed by atoms with van der Waals surface area (Å²) in [5, 5.41) is 20.1.